The zero-order chi connectivity index (χ0) is 15.9. The first kappa shape index (κ1) is 16.8. The van der Waals surface area contributed by atoms with Gasteiger partial charge in [-0.15, -0.1) is 0 Å². The fourth-order valence-corrected chi connectivity index (χ4v) is 3.18. The number of piperidine rings is 1. The summed E-state index contributed by atoms with van der Waals surface area (Å²) in [5.74, 6) is 1.40. The molecule has 4 heteroatoms. The van der Waals surface area contributed by atoms with Gasteiger partial charge < -0.3 is 14.7 Å². The monoisotopic (exact) mass is 305 g/mol. The molecule has 0 saturated carbocycles. The van der Waals surface area contributed by atoms with Gasteiger partial charge in [0.25, 0.3) is 0 Å². The number of amides is 1. The summed E-state index contributed by atoms with van der Waals surface area (Å²) in [6.45, 7) is 3.55. The van der Waals surface area contributed by atoms with Gasteiger partial charge in [0, 0.05) is 19.5 Å². The van der Waals surface area contributed by atoms with Crippen LogP contribution in [0.1, 0.15) is 38.2 Å². The molecule has 0 aliphatic carbocycles. The minimum Gasteiger partial charge on any atom is -0.496 e. The number of hydrogen-bond acceptors (Lipinski definition) is 3. The summed E-state index contributed by atoms with van der Waals surface area (Å²) in [6, 6.07) is 7.85. The number of benzene rings is 1. The van der Waals surface area contributed by atoms with Crippen LogP contribution in [0.15, 0.2) is 24.3 Å². The molecule has 1 saturated heterocycles. The third-order valence-corrected chi connectivity index (χ3v) is 4.66. The molecule has 0 bridgehead atoms. The van der Waals surface area contributed by atoms with Gasteiger partial charge >= 0.3 is 0 Å². The van der Waals surface area contributed by atoms with E-state index >= 15 is 0 Å². The lowest BCUT2D eigenvalue weighted by molar-refractivity contribution is -0.133. The molecule has 122 valence electrons. The van der Waals surface area contributed by atoms with Gasteiger partial charge in [0.05, 0.1) is 13.2 Å². The number of aliphatic hydroxyl groups excluding tert-OH is 1. The highest BCUT2D eigenvalue weighted by molar-refractivity contribution is 5.76. The summed E-state index contributed by atoms with van der Waals surface area (Å²) < 4.78 is 5.32. The fourth-order valence-electron chi connectivity index (χ4n) is 3.18. The lowest BCUT2D eigenvalue weighted by Crippen LogP contribution is -2.41. The average Bonchev–Trinajstić information content (AvgIpc) is 2.59. The van der Waals surface area contributed by atoms with E-state index in [2.05, 4.69) is 0 Å². The van der Waals surface area contributed by atoms with Gasteiger partial charge in [0.15, 0.2) is 0 Å². The van der Waals surface area contributed by atoms with Crippen LogP contribution in [-0.2, 0) is 11.2 Å². The van der Waals surface area contributed by atoms with Gasteiger partial charge in [-0.25, -0.2) is 0 Å². The van der Waals surface area contributed by atoms with Gasteiger partial charge in [-0.2, -0.15) is 0 Å². The Balaban J connectivity index is 1.81. The van der Waals surface area contributed by atoms with Crippen molar-refractivity contribution in [2.24, 2.45) is 5.92 Å². The van der Waals surface area contributed by atoms with Gasteiger partial charge in [-0.3, -0.25) is 4.79 Å². The summed E-state index contributed by atoms with van der Waals surface area (Å²) >= 11 is 0. The third-order valence-electron chi connectivity index (χ3n) is 4.66. The number of nitrogens with zero attached hydrogens (tertiary/aromatic N) is 1. The maximum Gasteiger partial charge on any atom is 0.222 e. The van der Waals surface area contributed by atoms with Crippen LogP contribution in [0.4, 0.5) is 0 Å². The number of likely N-dealkylation sites (tertiary alicyclic amines) is 1. The number of methoxy groups -OCH3 is 1. The molecule has 1 heterocycles. The molecule has 0 aromatic heterocycles. The number of para-hydroxylation sites is 1. The van der Waals surface area contributed by atoms with Crippen LogP contribution < -0.4 is 4.74 Å². The Morgan fingerprint density at radius 1 is 1.36 bits per heavy atom. The van der Waals surface area contributed by atoms with E-state index in [9.17, 15) is 9.90 Å². The molecule has 1 amide bonds. The SMILES string of the molecule is CCC(O)C1CCN(C(=O)CCc2ccccc2OC)CC1. The van der Waals surface area contributed by atoms with E-state index in [-0.39, 0.29) is 12.0 Å². The fraction of sp³-hybridized carbons (Fsp3) is 0.611. The van der Waals surface area contributed by atoms with E-state index in [1.807, 2.05) is 36.1 Å². The van der Waals surface area contributed by atoms with E-state index in [1.54, 1.807) is 7.11 Å². The number of aryl methyl sites for hydroxylation is 1. The van der Waals surface area contributed by atoms with Crippen LogP contribution in [0.3, 0.4) is 0 Å². The van der Waals surface area contributed by atoms with E-state index < -0.39 is 0 Å². The number of carbonyl (C=O) groups is 1. The summed E-state index contributed by atoms with van der Waals surface area (Å²) in [5.41, 5.74) is 1.08. The molecule has 0 radical (unpaired) electrons. The average molecular weight is 305 g/mol. The highest BCUT2D eigenvalue weighted by Crippen LogP contribution is 2.24. The van der Waals surface area contributed by atoms with Crippen molar-refractivity contribution in [3.63, 3.8) is 0 Å². The molecule has 0 spiro atoms. The number of aliphatic hydroxyl groups is 1. The van der Waals surface area contributed by atoms with Gasteiger partial charge in [0.2, 0.25) is 5.91 Å². The number of hydrogen-bond donors (Lipinski definition) is 1. The molecule has 1 aromatic carbocycles. The van der Waals surface area contributed by atoms with Crippen LogP contribution in [0.5, 0.6) is 5.75 Å². The van der Waals surface area contributed by atoms with Gasteiger partial charge in [-0.05, 0) is 43.2 Å². The second kappa shape index (κ2) is 8.18. The summed E-state index contributed by atoms with van der Waals surface area (Å²) in [4.78, 5) is 14.3. The Bertz CT molecular complexity index is 481. The maximum absolute atomic E-state index is 12.3. The molecule has 1 aliphatic heterocycles. The molecule has 2 rings (SSSR count). The Morgan fingerprint density at radius 2 is 2.05 bits per heavy atom. The van der Waals surface area contributed by atoms with Crippen LogP contribution in [-0.4, -0.2) is 42.2 Å². The molecular formula is C18H27NO3. The van der Waals surface area contributed by atoms with Crippen molar-refractivity contribution >= 4 is 5.91 Å². The van der Waals surface area contributed by atoms with Crippen LogP contribution >= 0.6 is 0 Å². The second-order valence-electron chi connectivity index (χ2n) is 6.01. The quantitative estimate of drug-likeness (QED) is 0.879. The minimum atomic E-state index is -0.217. The van der Waals surface area contributed by atoms with Crippen LogP contribution in [0.2, 0.25) is 0 Å². The van der Waals surface area contributed by atoms with Gasteiger partial charge in [-0.1, -0.05) is 25.1 Å². The van der Waals surface area contributed by atoms with Crippen molar-refractivity contribution in [2.45, 2.75) is 45.1 Å². The van der Waals surface area contributed by atoms with Crippen molar-refractivity contribution in [3.8, 4) is 5.75 Å². The lowest BCUT2D eigenvalue weighted by atomic mass is 9.90. The molecule has 1 N–H and O–H groups in total. The topological polar surface area (TPSA) is 49.8 Å². The lowest BCUT2D eigenvalue weighted by Gasteiger charge is -2.34. The predicted molar refractivity (Wildman–Crippen MR) is 86.9 cm³/mol. The Morgan fingerprint density at radius 3 is 2.68 bits per heavy atom. The Hall–Kier alpha value is -1.55. The molecule has 1 unspecified atom stereocenters. The number of rotatable bonds is 6. The Labute approximate surface area is 133 Å². The largest absolute Gasteiger partial charge is 0.496 e. The van der Waals surface area contributed by atoms with Crippen molar-refractivity contribution in [1.82, 2.24) is 4.90 Å². The first-order valence-electron chi connectivity index (χ1n) is 8.23. The first-order valence-corrected chi connectivity index (χ1v) is 8.23. The normalized spacial score (nSPS) is 17.3. The Kier molecular flexibility index (Phi) is 6.25. The van der Waals surface area contributed by atoms with Crippen molar-refractivity contribution in [2.75, 3.05) is 20.2 Å². The van der Waals surface area contributed by atoms with E-state index in [1.165, 1.54) is 0 Å². The molecule has 1 atom stereocenters. The molecule has 1 aliphatic rings. The smallest absolute Gasteiger partial charge is 0.222 e. The minimum absolute atomic E-state index is 0.204. The van der Waals surface area contributed by atoms with Crippen molar-refractivity contribution in [1.29, 1.82) is 0 Å². The van der Waals surface area contributed by atoms with E-state index in [4.69, 9.17) is 4.74 Å². The van der Waals surface area contributed by atoms with E-state index in [0.717, 1.165) is 43.7 Å². The first-order chi connectivity index (χ1) is 10.7. The number of ether oxygens (including phenoxy) is 1. The van der Waals surface area contributed by atoms with Crippen LogP contribution in [0.25, 0.3) is 0 Å². The standard InChI is InChI=1S/C18H27NO3/c1-3-16(20)14-10-12-19(13-11-14)18(21)9-8-15-6-4-5-7-17(15)22-2/h4-7,14,16,20H,3,8-13H2,1-2H3. The van der Waals surface area contributed by atoms with E-state index in [0.29, 0.717) is 18.8 Å². The highest BCUT2D eigenvalue weighted by atomic mass is 16.5. The third kappa shape index (κ3) is 4.23. The summed E-state index contributed by atoms with van der Waals surface area (Å²) in [7, 11) is 1.66. The molecule has 22 heavy (non-hydrogen) atoms. The molecule has 4 nitrogen and oxygen atoms in total. The molecular weight excluding hydrogens is 278 g/mol. The van der Waals surface area contributed by atoms with Gasteiger partial charge in [0.1, 0.15) is 5.75 Å². The second-order valence-corrected chi connectivity index (χ2v) is 6.01. The van der Waals surface area contributed by atoms with Crippen LogP contribution in [0, 0.1) is 5.92 Å². The summed E-state index contributed by atoms with van der Waals surface area (Å²) in [6.07, 6.45) is 3.63. The zero-order valence-electron chi connectivity index (χ0n) is 13.6. The number of carbonyl (C=O) groups excluding carboxylic acids is 1. The maximum atomic E-state index is 12.3. The zero-order valence-corrected chi connectivity index (χ0v) is 13.6. The molecule has 1 aromatic rings. The summed E-state index contributed by atoms with van der Waals surface area (Å²) in [5, 5.41) is 9.90. The van der Waals surface area contributed by atoms with Crippen molar-refractivity contribution < 1.29 is 14.6 Å². The van der Waals surface area contributed by atoms with Crippen molar-refractivity contribution in [3.05, 3.63) is 29.8 Å². The molecule has 1 fully saturated rings. The highest BCUT2D eigenvalue weighted by Gasteiger charge is 2.26. The predicted octanol–water partition coefficient (Wildman–Crippen LogP) is 2.64.